The molecule has 3 aromatic carbocycles. The lowest BCUT2D eigenvalue weighted by atomic mass is 10.2. The summed E-state index contributed by atoms with van der Waals surface area (Å²) in [6.45, 7) is 1.81. The maximum absolute atomic E-state index is 13.1. The van der Waals surface area contributed by atoms with Crippen LogP contribution in [0.3, 0.4) is 0 Å². The summed E-state index contributed by atoms with van der Waals surface area (Å²) in [6.07, 6.45) is 0. The van der Waals surface area contributed by atoms with Gasteiger partial charge in [-0.15, -0.1) is 0 Å². The molecular formula is C24H17Cl3N4O3. The number of hydrogen-bond acceptors (Lipinski definition) is 3. The molecule has 0 bridgehead atoms. The fourth-order valence-electron chi connectivity index (χ4n) is 3.29. The zero-order valence-electron chi connectivity index (χ0n) is 17.7. The number of halogens is 3. The second-order valence-electron chi connectivity index (χ2n) is 7.36. The van der Waals surface area contributed by atoms with Crippen molar-refractivity contribution < 1.29 is 14.4 Å². The first-order valence-electron chi connectivity index (χ1n) is 9.98. The molecule has 1 aromatic heterocycles. The van der Waals surface area contributed by atoms with Crippen LogP contribution in [0.4, 0.5) is 11.4 Å². The second-order valence-corrected chi connectivity index (χ2v) is 8.61. The lowest BCUT2D eigenvalue weighted by Crippen LogP contribution is -2.36. The highest BCUT2D eigenvalue weighted by Crippen LogP contribution is 2.27. The summed E-state index contributed by atoms with van der Waals surface area (Å²) < 4.78 is 1.23. The van der Waals surface area contributed by atoms with E-state index in [0.717, 1.165) is 5.56 Å². The number of anilines is 2. The number of amides is 3. The standard InChI is InChI=1S/C24H17Cl3N4O3/c1-13-4-2-3-5-19(13)29-23(33)24(34)30-31-20-9-6-15(25)10-14(20)11-21(31)22(32)28-16-7-8-17(26)18(27)12-16/h2-12H,1H3,(H,28,32)(H,29,33)(H,30,34). The van der Waals surface area contributed by atoms with Gasteiger partial charge in [-0.1, -0.05) is 53.0 Å². The molecule has 0 fully saturated rings. The van der Waals surface area contributed by atoms with Gasteiger partial charge in [0, 0.05) is 21.8 Å². The molecule has 1 heterocycles. The number of fused-ring (bicyclic) bond motifs is 1. The molecule has 0 aliphatic carbocycles. The van der Waals surface area contributed by atoms with Gasteiger partial charge in [0.05, 0.1) is 15.6 Å². The zero-order valence-corrected chi connectivity index (χ0v) is 19.9. The van der Waals surface area contributed by atoms with E-state index >= 15 is 0 Å². The second kappa shape index (κ2) is 9.77. The Bertz CT molecular complexity index is 1450. The van der Waals surface area contributed by atoms with Gasteiger partial charge >= 0.3 is 11.8 Å². The lowest BCUT2D eigenvalue weighted by Gasteiger charge is -2.13. The van der Waals surface area contributed by atoms with E-state index in [1.165, 1.54) is 10.7 Å². The fourth-order valence-corrected chi connectivity index (χ4v) is 3.77. The van der Waals surface area contributed by atoms with Crippen LogP contribution in [-0.4, -0.2) is 22.4 Å². The molecule has 0 unspecified atom stereocenters. The first kappa shape index (κ1) is 23.6. The average Bonchev–Trinajstić information content (AvgIpc) is 3.15. The van der Waals surface area contributed by atoms with Crippen LogP contribution in [0.5, 0.6) is 0 Å². The van der Waals surface area contributed by atoms with Crippen LogP contribution >= 0.6 is 34.8 Å². The van der Waals surface area contributed by atoms with Gasteiger partial charge in [-0.2, -0.15) is 0 Å². The van der Waals surface area contributed by atoms with Crippen molar-refractivity contribution in [3.63, 3.8) is 0 Å². The van der Waals surface area contributed by atoms with Gasteiger partial charge in [-0.05, 0) is 61.0 Å². The number of aryl methyl sites for hydroxylation is 1. The summed E-state index contributed by atoms with van der Waals surface area (Å²) in [7, 11) is 0. The third-order valence-corrected chi connectivity index (χ3v) is 5.96. The van der Waals surface area contributed by atoms with Crippen molar-refractivity contribution in [1.82, 2.24) is 4.68 Å². The van der Waals surface area contributed by atoms with Gasteiger partial charge in [0.15, 0.2) is 0 Å². The summed E-state index contributed by atoms with van der Waals surface area (Å²) >= 11 is 18.1. The minimum atomic E-state index is -0.959. The molecule has 3 N–H and O–H groups in total. The third kappa shape index (κ3) is 5.02. The van der Waals surface area contributed by atoms with Gasteiger partial charge in [0.25, 0.3) is 5.91 Å². The average molecular weight is 516 g/mol. The van der Waals surface area contributed by atoms with E-state index in [1.54, 1.807) is 48.5 Å². The molecule has 34 heavy (non-hydrogen) atoms. The Balaban J connectivity index is 1.64. The third-order valence-electron chi connectivity index (χ3n) is 4.99. The Morgan fingerprint density at radius 2 is 1.56 bits per heavy atom. The van der Waals surface area contributed by atoms with Crippen LogP contribution in [-0.2, 0) is 9.59 Å². The molecule has 7 nitrogen and oxygen atoms in total. The molecule has 0 saturated carbocycles. The van der Waals surface area contributed by atoms with E-state index in [0.29, 0.717) is 32.3 Å². The number of aromatic nitrogens is 1. The molecule has 0 spiro atoms. The predicted octanol–water partition coefficient (Wildman–Crippen LogP) is 5.87. The maximum Gasteiger partial charge on any atom is 0.328 e. The van der Waals surface area contributed by atoms with Crippen molar-refractivity contribution in [2.75, 3.05) is 16.1 Å². The molecule has 0 aliphatic rings. The molecular weight excluding hydrogens is 499 g/mol. The Hall–Kier alpha value is -3.52. The molecule has 4 rings (SSSR count). The quantitative estimate of drug-likeness (QED) is 0.297. The molecule has 10 heteroatoms. The number of benzene rings is 3. The molecule has 3 amide bonds. The SMILES string of the molecule is Cc1ccccc1NC(=O)C(=O)Nn1c(C(=O)Nc2ccc(Cl)c(Cl)c2)cc2cc(Cl)ccc21. The van der Waals surface area contributed by atoms with Crippen LogP contribution in [0.2, 0.25) is 15.1 Å². The molecule has 0 saturated heterocycles. The topological polar surface area (TPSA) is 92.2 Å². The van der Waals surface area contributed by atoms with Crippen molar-refractivity contribution in [1.29, 1.82) is 0 Å². The normalized spacial score (nSPS) is 10.7. The first-order valence-corrected chi connectivity index (χ1v) is 11.1. The van der Waals surface area contributed by atoms with E-state index in [4.69, 9.17) is 34.8 Å². The Kier molecular flexibility index (Phi) is 6.79. The number of carbonyl (C=O) groups excluding carboxylic acids is 3. The number of nitrogens with one attached hydrogen (secondary N) is 3. The van der Waals surface area contributed by atoms with Crippen molar-refractivity contribution in [3.8, 4) is 0 Å². The Labute approximate surface area is 209 Å². The lowest BCUT2D eigenvalue weighted by molar-refractivity contribution is -0.133. The summed E-state index contributed by atoms with van der Waals surface area (Å²) in [5, 5.41) is 6.92. The minimum Gasteiger partial charge on any atom is -0.321 e. The molecule has 172 valence electrons. The van der Waals surface area contributed by atoms with Crippen LogP contribution < -0.4 is 16.1 Å². The summed E-state index contributed by atoms with van der Waals surface area (Å²) in [6, 6.07) is 18.1. The Morgan fingerprint density at radius 3 is 2.29 bits per heavy atom. The van der Waals surface area contributed by atoms with Gasteiger partial charge < -0.3 is 10.6 Å². The molecule has 0 aliphatic heterocycles. The van der Waals surface area contributed by atoms with Gasteiger partial charge in [0.1, 0.15) is 5.69 Å². The van der Waals surface area contributed by atoms with E-state index in [-0.39, 0.29) is 10.7 Å². The number of rotatable bonds is 4. The fraction of sp³-hybridized carbons (Fsp3) is 0.0417. The van der Waals surface area contributed by atoms with Crippen LogP contribution in [0.15, 0.2) is 66.7 Å². The first-order chi connectivity index (χ1) is 16.2. The van der Waals surface area contributed by atoms with Gasteiger partial charge in [0.2, 0.25) is 0 Å². The molecule has 4 aromatic rings. The van der Waals surface area contributed by atoms with Crippen molar-refractivity contribution >= 4 is 74.8 Å². The van der Waals surface area contributed by atoms with Gasteiger partial charge in [-0.25, -0.2) is 4.68 Å². The zero-order chi connectivity index (χ0) is 24.4. The summed E-state index contributed by atoms with van der Waals surface area (Å²) in [4.78, 5) is 38.3. The summed E-state index contributed by atoms with van der Waals surface area (Å²) in [5.41, 5.74) is 4.74. The molecule has 0 radical (unpaired) electrons. The van der Waals surface area contributed by atoms with Crippen molar-refractivity contribution in [3.05, 3.63) is 93.1 Å². The van der Waals surface area contributed by atoms with Crippen LogP contribution in [0.25, 0.3) is 10.9 Å². The molecule has 0 atom stereocenters. The van der Waals surface area contributed by atoms with Crippen molar-refractivity contribution in [2.45, 2.75) is 6.92 Å². The van der Waals surface area contributed by atoms with E-state index in [2.05, 4.69) is 16.1 Å². The van der Waals surface area contributed by atoms with Gasteiger partial charge in [-0.3, -0.25) is 19.8 Å². The minimum absolute atomic E-state index is 0.0698. The number of carbonyl (C=O) groups is 3. The van der Waals surface area contributed by atoms with Crippen LogP contribution in [0.1, 0.15) is 16.1 Å². The van der Waals surface area contributed by atoms with E-state index in [1.807, 2.05) is 19.1 Å². The number of para-hydroxylation sites is 1. The largest absolute Gasteiger partial charge is 0.328 e. The van der Waals surface area contributed by atoms with E-state index < -0.39 is 17.7 Å². The highest BCUT2D eigenvalue weighted by atomic mass is 35.5. The highest BCUT2D eigenvalue weighted by Gasteiger charge is 2.21. The predicted molar refractivity (Wildman–Crippen MR) is 136 cm³/mol. The van der Waals surface area contributed by atoms with E-state index in [9.17, 15) is 14.4 Å². The summed E-state index contributed by atoms with van der Waals surface area (Å²) in [5.74, 6) is -2.40. The van der Waals surface area contributed by atoms with Crippen LogP contribution in [0, 0.1) is 6.92 Å². The smallest absolute Gasteiger partial charge is 0.321 e. The number of nitrogens with zero attached hydrogens (tertiary/aromatic N) is 1. The number of hydrogen-bond donors (Lipinski definition) is 3. The monoisotopic (exact) mass is 514 g/mol. The maximum atomic E-state index is 13.1. The Morgan fingerprint density at radius 1 is 0.794 bits per heavy atom. The highest BCUT2D eigenvalue weighted by molar-refractivity contribution is 6.43. The van der Waals surface area contributed by atoms with Crippen molar-refractivity contribution in [2.24, 2.45) is 0 Å².